The number of nitrogens with two attached hydrogens (primary N) is 1. The Labute approximate surface area is 165 Å². The first-order valence-corrected chi connectivity index (χ1v) is 8.68. The number of ether oxygens (including phenoxy) is 1. The van der Waals surface area contributed by atoms with E-state index in [1.54, 1.807) is 0 Å². The largest absolute Gasteiger partial charge is 0.477 e. The molecule has 3 heterocycles. The summed E-state index contributed by atoms with van der Waals surface area (Å²) >= 11 is 0. The van der Waals surface area contributed by atoms with Crippen molar-refractivity contribution in [2.24, 2.45) is 11.7 Å². The molecule has 28 heavy (non-hydrogen) atoms. The van der Waals surface area contributed by atoms with E-state index in [4.69, 9.17) is 10.5 Å². The number of halogens is 3. The molecule has 2 fully saturated rings. The van der Waals surface area contributed by atoms with Crippen molar-refractivity contribution in [3.8, 4) is 0 Å². The molecule has 1 aromatic heterocycles. The van der Waals surface area contributed by atoms with Crippen molar-refractivity contribution in [2.75, 3.05) is 31.2 Å². The van der Waals surface area contributed by atoms with E-state index in [0.717, 1.165) is 12.3 Å². The summed E-state index contributed by atoms with van der Waals surface area (Å²) in [5.74, 6) is -3.17. The molecule has 2 aromatic rings. The summed E-state index contributed by atoms with van der Waals surface area (Å²) in [7, 11) is 0. The second-order valence-electron chi connectivity index (χ2n) is 7.24. The number of aromatic nitrogens is 1. The number of rotatable bonds is 3. The number of pyridine rings is 1. The van der Waals surface area contributed by atoms with Gasteiger partial charge >= 0.3 is 5.97 Å². The normalized spacial score (nSPS) is 22.2. The van der Waals surface area contributed by atoms with E-state index in [-0.39, 0.29) is 60.2 Å². The molecule has 0 aliphatic carbocycles. The quantitative estimate of drug-likeness (QED) is 0.792. The second kappa shape index (κ2) is 7.31. The van der Waals surface area contributed by atoms with Crippen molar-refractivity contribution >= 4 is 35.0 Å². The Morgan fingerprint density at radius 3 is 2.50 bits per heavy atom. The number of anilines is 1. The van der Waals surface area contributed by atoms with Crippen LogP contribution in [0, 0.1) is 17.6 Å². The molecule has 2 atom stereocenters. The monoisotopic (exact) mass is 415 g/mol. The number of fused-ring (bicyclic) bond motifs is 1. The van der Waals surface area contributed by atoms with Gasteiger partial charge in [0.25, 0.3) is 0 Å². The third-order valence-electron chi connectivity index (χ3n) is 5.41. The van der Waals surface area contributed by atoms with E-state index in [9.17, 15) is 19.1 Å². The highest BCUT2D eigenvalue weighted by atomic mass is 35.5. The average Bonchev–Trinajstić information content (AvgIpc) is 2.86. The zero-order valence-electron chi connectivity index (χ0n) is 15.0. The number of carbonyl (C=O) groups is 1. The number of benzene rings is 1. The highest BCUT2D eigenvalue weighted by Gasteiger charge is 2.33. The Hall–Kier alpha value is -2.23. The lowest BCUT2D eigenvalue weighted by Gasteiger charge is -2.31. The SMILES string of the molecule is C[C@H]1CN(c2c(F)cc3c(=O)c(C(=O)O)cn(C4COC4)c3c2F)C[C@@H]1N.Cl. The van der Waals surface area contributed by atoms with Gasteiger partial charge in [-0.25, -0.2) is 13.6 Å². The molecule has 1 aromatic carbocycles. The van der Waals surface area contributed by atoms with E-state index in [0.29, 0.717) is 13.1 Å². The van der Waals surface area contributed by atoms with Gasteiger partial charge in [0.15, 0.2) is 5.82 Å². The zero-order chi connectivity index (χ0) is 19.5. The first-order chi connectivity index (χ1) is 12.8. The molecule has 2 saturated heterocycles. The van der Waals surface area contributed by atoms with Crippen LogP contribution in [0.2, 0.25) is 0 Å². The molecule has 7 nitrogen and oxygen atoms in total. The fraction of sp³-hybridized carbons (Fsp3) is 0.444. The van der Waals surface area contributed by atoms with Crippen LogP contribution in [0.4, 0.5) is 14.5 Å². The Balaban J connectivity index is 0.00000225. The van der Waals surface area contributed by atoms with Crippen molar-refractivity contribution in [2.45, 2.75) is 19.0 Å². The smallest absolute Gasteiger partial charge is 0.341 e. The zero-order valence-corrected chi connectivity index (χ0v) is 15.8. The third kappa shape index (κ3) is 3.03. The Bertz CT molecular complexity index is 999. The maximum atomic E-state index is 15.5. The van der Waals surface area contributed by atoms with Crippen LogP contribution in [-0.2, 0) is 4.74 Å². The van der Waals surface area contributed by atoms with E-state index in [2.05, 4.69) is 0 Å². The van der Waals surface area contributed by atoms with Crippen molar-refractivity contribution < 1.29 is 23.4 Å². The molecule has 0 saturated carbocycles. The van der Waals surface area contributed by atoms with Crippen molar-refractivity contribution in [1.29, 1.82) is 0 Å². The highest BCUT2D eigenvalue weighted by molar-refractivity contribution is 5.94. The summed E-state index contributed by atoms with van der Waals surface area (Å²) in [5, 5.41) is 9.00. The van der Waals surface area contributed by atoms with Gasteiger partial charge in [-0.05, 0) is 12.0 Å². The van der Waals surface area contributed by atoms with Gasteiger partial charge in [-0.2, -0.15) is 0 Å². The minimum Gasteiger partial charge on any atom is -0.477 e. The fourth-order valence-electron chi connectivity index (χ4n) is 3.72. The molecule has 0 amide bonds. The summed E-state index contributed by atoms with van der Waals surface area (Å²) in [6.45, 7) is 3.11. The molecular weight excluding hydrogens is 396 g/mol. The molecule has 4 rings (SSSR count). The van der Waals surface area contributed by atoms with Gasteiger partial charge in [-0.3, -0.25) is 4.79 Å². The van der Waals surface area contributed by atoms with Crippen LogP contribution in [0.3, 0.4) is 0 Å². The van der Waals surface area contributed by atoms with E-state index >= 15 is 4.39 Å². The van der Waals surface area contributed by atoms with E-state index < -0.39 is 28.6 Å². The maximum Gasteiger partial charge on any atom is 0.341 e. The van der Waals surface area contributed by atoms with Crippen molar-refractivity contribution in [3.05, 3.63) is 39.7 Å². The first kappa shape index (κ1) is 20.5. The number of nitrogens with zero attached hydrogens (tertiary/aromatic N) is 2. The number of aromatic carboxylic acids is 1. The summed E-state index contributed by atoms with van der Waals surface area (Å²) in [6, 6.07) is 0.391. The van der Waals surface area contributed by atoms with Gasteiger partial charge in [-0.1, -0.05) is 6.92 Å². The van der Waals surface area contributed by atoms with Gasteiger partial charge < -0.3 is 25.0 Å². The molecule has 0 bridgehead atoms. The molecule has 2 aliphatic heterocycles. The van der Waals surface area contributed by atoms with Crippen LogP contribution >= 0.6 is 12.4 Å². The molecule has 152 valence electrons. The van der Waals surface area contributed by atoms with Crippen LogP contribution < -0.4 is 16.1 Å². The number of hydrogen-bond donors (Lipinski definition) is 2. The van der Waals surface area contributed by atoms with Crippen LogP contribution in [0.25, 0.3) is 10.9 Å². The molecule has 0 radical (unpaired) electrons. The van der Waals surface area contributed by atoms with Crippen LogP contribution in [-0.4, -0.2) is 48.0 Å². The topological polar surface area (TPSA) is 97.8 Å². The Morgan fingerprint density at radius 2 is 2.00 bits per heavy atom. The lowest BCUT2D eigenvalue weighted by Crippen LogP contribution is -2.34. The Morgan fingerprint density at radius 1 is 1.32 bits per heavy atom. The average molecular weight is 416 g/mol. The molecular formula is C18H20ClF2N3O4. The van der Waals surface area contributed by atoms with E-state index in [1.165, 1.54) is 9.47 Å². The number of carboxylic acid groups (broad SMARTS) is 1. The van der Waals surface area contributed by atoms with Gasteiger partial charge in [0.2, 0.25) is 5.43 Å². The summed E-state index contributed by atoms with van der Waals surface area (Å²) in [5.41, 5.74) is 4.19. The van der Waals surface area contributed by atoms with Crippen molar-refractivity contribution in [3.63, 3.8) is 0 Å². The first-order valence-electron chi connectivity index (χ1n) is 8.68. The summed E-state index contributed by atoms with van der Waals surface area (Å²) in [6.07, 6.45) is 1.11. The maximum absolute atomic E-state index is 15.5. The predicted molar refractivity (Wildman–Crippen MR) is 102 cm³/mol. The van der Waals surface area contributed by atoms with Gasteiger partial charge in [0, 0.05) is 25.3 Å². The Kier molecular flexibility index (Phi) is 5.35. The fourth-order valence-corrected chi connectivity index (χ4v) is 3.72. The van der Waals surface area contributed by atoms with Crippen molar-refractivity contribution in [1.82, 2.24) is 4.57 Å². The molecule has 0 unspecified atom stereocenters. The van der Waals surface area contributed by atoms with Crippen LogP contribution in [0.15, 0.2) is 17.1 Å². The predicted octanol–water partition coefficient (Wildman–Crippen LogP) is 1.75. The lowest BCUT2D eigenvalue weighted by molar-refractivity contribution is -0.0219. The van der Waals surface area contributed by atoms with Gasteiger partial charge in [0.05, 0.1) is 30.2 Å². The third-order valence-corrected chi connectivity index (χ3v) is 5.41. The number of hydrogen-bond acceptors (Lipinski definition) is 5. The molecule has 2 aliphatic rings. The second-order valence-corrected chi connectivity index (χ2v) is 7.24. The standard InChI is InChI=1S/C18H19F2N3O4.ClH/c1-8-3-22(5-13(8)21)16-12(19)2-10-15(14(16)20)23(9-6-27-7-9)4-11(17(10)24)18(25)26;/h2,4,8-9,13H,3,5-7,21H2,1H3,(H,25,26);1H/t8-,13-;/m0./s1. The molecule has 0 spiro atoms. The van der Waals surface area contributed by atoms with E-state index in [1.807, 2.05) is 6.92 Å². The highest BCUT2D eigenvalue weighted by Crippen LogP contribution is 2.34. The summed E-state index contributed by atoms with van der Waals surface area (Å²) in [4.78, 5) is 25.4. The van der Waals surface area contributed by atoms with Gasteiger partial charge in [-0.15, -0.1) is 12.4 Å². The number of carboxylic acids is 1. The van der Waals surface area contributed by atoms with Crippen LogP contribution in [0.1, 0.15) is 23.3 Å². The lowest BCUT2D eigenvalue weighted by atomic mass is 10.1. The minimum atomic E-state index is -1.44. The molecule has 10 heteroatoms. The molecule has 3 N–H and O–H groups in total. The summed E-state index contributed by atoms with van der Waals surface area (Å²) < 4.78 is 36.7. The minimum absolute atomic E-state index is 0. The van der Waals surface area contributed by atoms with Gasteiger partial charge in [0.1, 0.15) is 17.1 Å². The van der Waals surface area contributed by atoms with Crippen LogP contribution in [0.5, 0.6) is 0 Å².